The number of aryl methyl sites for hydroxylation is 1. The van der Waals surface area contributed by atoms with Crippen LogP contribution in [0.25, 0.3) is 10.2 Å². The summed E-state index contributed by atoms with van der Waals surface area (Å²) in [5, 5.41) is 16.2. The first-order chi connectivity index (χ1) is 21.9. The average Bonchev–Trinajstić information content (AvgIpc) is 3.31. The number of carbonyl (C=O) groups excluding carboxylic acids is 2. The fourth-order valence-electron chi connectivity index (χ4n) is 6.42. The van der Waals surface area contributed by atoms with Crippen LogP contribution in [0.3, 0.4) is 0 Å². The third-order valence-corrected chi connectivity index (χ3v) is 9.84. The van der Waals surface area contributed by atoms with Gasteiger partial charge in [-0.25, -0.2) is 9.78 Å². The van der Waals surface area contributed by atoms with Crippen molar-refractivity contribution >= 4 is 45.0 Å². The molecule has 0 unspecified atom stereocenters. The van der Waals surface area contributed by atoms with Gasteiger partial charge in [-0.05, 0) is 68.5 Å². The lowest BCUT2D eigenvalue weighted by Crippen LogP contribution is -2.55. The molecule has 2 amide bonds. The number of benzene rings is 2. The molecule has 3 heterocycles. The van der Waals surface area contributed by atoms with Gasteiger partial charge in [-0.2, -0.15) is 13.2 Å². The number of nitrogens with zero attached hydrogens (tertiary/aromatic N) is 2. The highest BCUT2D eigenvalue weighted by Crippen LogP contribution is 2.45. The topological polar surface area (TPSA) is 121 Å². The van der Waals surface area contributed by atoms with Crippen LogP contribution in [0, 0.1) is 12.8 Å². The number of carbonyl (C=O) groups is 3. The molecule has 1 saturated heterocycles. The van der Waals surface area contributed by atoms with Crippen LogP contribution in [0.4, 0.5) is 18.9 Å². The smallest absolute Gasteiger partial charge is 0.416 e. The van der Waals surface area contributed by atoms with Crippen molar-refractivity contribution in [1.29, 1.82) is 0 Å². The number of anilines is 1. The number of thiazole rings is 1. The Labute approximate surface area is 267 Å². The summed E-state index contributed by atoms with van der Waals surface area (Å²) in [6.07, 6.45) is 2.13. The monoisotopic (exact) mass is 656 g/mol. The Morgan fingerprint density at radius 2 is 1.98 bits per heavy atom. The molecular formula is C33H35F3N4O5S. The van der Waals surface area contributed by atoms with Crippen molar-refractivity contribution < 1.29 is 37.4 Å². The summed E-state index contributed by atoms with van der Waals surface area (Å²) in [6, 6.07) is 9.12. The zero-order valence-electron chi connectivity index (χ0n) is 25.2. The van der Waals surface area contributed by atoms with Crippen molar-refractivity contribution in [3.05, 3.63) is 65.7 Å². The third-order valence-electron chi connectivity index (χ3n) is 8.91. The minimum Gasteiger partial charge on any atom is -0.479 e. The Hall–Kier alpha value is -4.13. The van der Waals surface area contributed by atoms with Crippen LogP contribution in [-0.4, -0.2) is 63.0 Å². The zero-order chi connectivity index (χ0) is 32.6. The number of para-hydroxylation sites is 1. The molecule has 13 heteroatoms. The molecule has 244 valence electrons. The second-order valence-corrected chi connectivity index (χ2v) is 13.3. The van der Waals surface area contributed by atoms with Gasteiger partial charge in [-0.15, -0.1) is 0 Å². The van der Waals surface area contributed by atoms with Gasteiger partial charge in [0, 0.05) is 18.0 Å². The fourth-order valence-corrected chi connectivity index (χ4v) is 7.30. The maximum atomic E-state index is 14.3. The van der Waals surface area contributed by atoms with Crippen LogP contribution >= 0.6 is 11.3 Å². The SMILES string of the molecule is Cc1cc(N[C@H]2CCCCC/C=C\[C@@H]3C[C@@]3(C(=O)O)NC(=O)[C@@H]3C[C@@H](Oc4nc5ccccc5s4)CN3C2=O)cc(C(F)(F)F)c1. The number of fused-ring (bicyclic) bond motifs is 3. The molecule has 2 aromatic carbocycles. The van der Waals surface area contributed by atoms with E-state index in [2.05, 4.69) is 15.6 Å². The highest BCUT2D eigenvalue weighted by molar-refractivity contribution is 7.20. The van der Waals surface area contributed by atoms with E-state index in [-0.39, 0.29) is 31.0 Å². The third kappa shape index (κ3) is 6.69. The summed E-state index contributed by atoms with van der Waals surface area (Å²) < 4.78 is 48.0. The summed E-state index contributed by atoms with van der Waals surface area (Å²) in [5.74, 6) is -2.57. The molecule has 0 bridgehead atoms. The van der Waals surface area contributed by atoms with Crippen LogP contribution in [0.1, 0.15) is 56.1 Å². The number of aliphatic carboxylic acids is 1. The van der Waals surface area contributed by atoms with E-state index in [1.807, 2.05) is 36.4 Å². The van der Waals surface area contributed by atoms with Crippen molar-refractivity contribution in [2.75, 3.05) is 11.9 Å². The molecule has 2 aliphatic heterocycles. The lowest BCUT2D eigenvalue weighted by molar-refractivity contribution is -0.145. The van der Waals surface area contributed by atoms with E-state index in [1.54, 1.807) is 13.0 Å². The lowest BCUT2D eigenvalue weighted by Gasteiger charge is -2.30. The van der Waals surface area contributed by atoms with Gasteiger partial charge in [0.1, 0.15) is 23.7 Å². The molecule has 9 nitrogen and oxygen atoms in total. The van der Waals surface area contributed by atoms with E-state index in [1.165, 1.54) is 16.2 Å². The number of carboxylic acids is 1. The molecule has 1 aliphatic carbocycles. The standard InChI is InChI=1S/C33H35F3N4O5S/c1-19-13-21(33(34,35)36)15-22(14-19)37-25-11-6-4-2-3-5-9-20-17-32(20,30(43)44)39-28(41)26-16-23(18-40(26)29(25)42)45-31-38-24-10-7-8-12-27(24)46-31/h5,7-10,12-15,20,23,25-26,37H,2-4,6,11,16-18H2,1H3,(H,39,41)(H,43,44)/b9-5-/t20-,23-,25+,26+,32-/m1/s1. The Kier molecular flexibility index (Phi) is 8.70. The molecule has 3 N–H and O–H groups in total. The Morgan fingerprint density at radius 1 is 1.17 bits per heavy atom. The van der Waals surface area contributed by atoms with Crippen LogP contribution in [0.15, 0.2) is 54.6 Å². The van der Waals surface area contributed by atoms with Gasteiger partial charge in [0.25, 0.3) is 5.19 Å². The molecule has 1 saturated carbocycles. The summed E-state index contributed by atoms with van der Waals surface area (Å²) in [7, 11) is 0. The van der Waals surface area contributed by atoms with Gasteiger partial charge in [0.15, 0.2) is 0 Å². The Bertz CT molecular complexity index is 1640. The Balaban J connectivity index is 1.31. The van der Waals surface area contributed by atoms with E-state index in [4.69, 9.17) is 4.74 Å². The zero-order valence-corrected chi connectivity index (χ0v) is 26.0. The van der Waals surface area contributed by atoms with Crippen molar-refractivity contribution in [2.45, 2.75) is 81.8 Å². The number of amides is 2. The van der Waals surface area contributed by atoms with Gasteiger partial charge in [0.05, 0.1) is 22.3 Å². The minimum atomic E-state index is -4.56. The fraction of sp³-hybridized carbons (Fsp3) is 0.455. The molecule has 0 spiro atoms. The number of alkyl halides is 3. The van der Waals surface area contributed by atoms with Gasteiger partial charge in [-0.3, -0.25) is 9.59 Å². The number of rotatable bonds is 5. The molecule has 3 aromatic rings. The number of allylic oxidation sites excluding steroid dienone is 1. The molecule has 1 aromatic heterocycles. The van der Waals surface area contributed by atoms with E-state index in [0.717, 1.165) is 35.2 Å². The van der Waals surface area contributed by atoms with Gasteiger partial charge in [-0.1, -0.05) is 48.5 Å². The van der Waals surface area contributed by atoms with Gasteiger partial charge in [0.2, 0.25) is 11.8 Å². The Morgan fingerprint density at radius 3 is 2.74 bits per heavy atom. The first-order valence-electron chi connectivity index (χ1n) is 15.4. The molecule has 6 rings (SSSR count). The maximum Gasteiger partial charge on any atom is 0.416 e. The van der Waals surface area contributed by atoms with Crippen molar-refractivity contribution in [3.8, 4) is 5.19 Å². The molecule has 46 heavy (non-hydrogen) atoms. The number of hydrogen-bond acceptors (Lipinski definition) is 7. The second kappa shape index (κ2) is 12.6. The molecule has 5 atom stereocenters. The first-order valence-corrected chi connectivity index (χ1v) is 16.2. The highest BCUT2D eigenvalue weighted by atomic mass is 32.1. The van der Waals surface area contributed by atoms with Crippen LogP contribution in [0.5, 0.6) is 5.19 Å². The van der Waals surface area contributed by atoms with Gasteiger partial charge < -0.3 is 25.4 Å². The number of nitrogens with one attached hydrogen (secondary N) is 2. The minimum absolute atomic E-state index is 0.0239. The van der Waals surface area contributed by atoms with Crippen LogP contribution < -0.4 is 15.4 Å². The van der Waals surface area contributed by atoms with Crippen molar-refractivity contribution in [2.24, 2.45) is 5.92 Å². The number of halogens is 3. The summed E-state index contributed by atoms with van der Waals surface area (Å²) in [5.41, 5.74) is -0.996. The quantitative estimate of drug-likeness (QED) is 0.291. The van der Waals surface area contributed by atoms with Crippen LogP contribution in [0.2, 0.25) is 0 Å². The average molecular weight is 657 g/mol. The maximum absolute atomic E-state index is 14.3. The second-order valence-electron chi connectivity index (χ2n) is 12.4. The normalized spacial score (nSPS) is 28.0. The molecule has 0 radical (unpaired) electrons. The number of aromatic nitrogens is 1. The van der Waals surface area contributed by atoms with E-state index < -0.39 is 53.2 Å². The molecule has 3 aliphatic rings. The summed E-state index contributed by atoms with van der Waals surface area (Å²) in [4.78, 5) is 46.3. The molecule has 2 fully saturated rings. The van der Waals surface area contributed by atoms with Gasteiger partial charge >= 0.3 is 12.1 Å². The molecular weight excluding hydrogens is 621 g/mol. The predicted molar refractivity (Wildman–Crippen MR) is 167 cm³/mol. The van der Waals surface area contributed by atoms with E-state index in [0.29, 0.717) is 30.0 Å². The number of hydrogen-bond donors (Lipinski definition) is 3. The largest absolute Gasteiger partial charge is 0.479 e. The summed E-state index contributed by atoms with van der Waals surface area (Å²) in [6.45, 7) is 1.58. The van der Waals surface area contributed by atoms with E-state index in [9.17, 15) is 32.7 Å². The number of carboxylic acid groups (broad SMARTS) is 1. The van der Waals surface area contributed by atoms with Crippen LogP contribution in [-0.2, 0) is 20.6 Å². The van der Waals surface area contributed by atoms with E-state index >= 15 is 0 Å². The highest BCUT2D eigenvalue weighted by Gasteiger charge is 2.61. The first kappa shape index (κ1) is 31.8. The van der Waals surface area contributed by atoms with Crippen molar-refractivity contribution in [3.63, 3.8) is 0 Å². The summed E-state index contributed by atoms with van der Waals surface area (Å²) >= 11 is 1.34. The number of ether oxygens (including phenoxy) is 1. The predicted octanol–water partition coefficient (Wildman–Crippen LogP) is 5.93. The lowest BCUT2D eigenvalue weighted by atomic mass is 10.0. The van der Waals surface area contributed by atoms with Crippen molar-refractivity contribution in [1.82, 2.24) is 15.2 Å².